The smallest absolute Gasteiger partial charge is 0.0701 e. The molecule has 0 aliphatic carbocycles. The molecule has 0 bridgehead atoms. The Bertz CT molecular complexity index is 128. The minimum absolute atomic E-state index is 0.0938. The number of unbranched alkanes of at least 4 members (excludes halogenated alkanes) is 3. The average molecular weight is 292 g/mol. The van der Waals surface area contributed by atoms with Crippen LogP contribution in [0.15, 0.2) is 0 Å². The van der Waals surface area contributed by atoms with Gasteiger partial charge in [-0.2, -0.15) is 0 Å². The standard InChI is InChI=1S/C10H22O3.C6H14O/c1-2-3-4-5-7-12-9-10-13-8-6-11;1-3-5-7-6-4-2/h11H,2-10H2,1H3;3-6H2,1-2H3. The zero-order valence-corrected chi connectivity index (χ0v) is 13.9. The topological polar surface area (TPSA) is 47.9 Å². The van der Waals surface area contributed by atoms with E-state index in [1.807, 2.05) is 0 Å². The van der Waals surface area contributed by atoms with Gasteiger partial charge < -0.3 is 19.3 Å². The van der Waals surface area contributed by atoms with E-state index in [-0.39, 0.29) is 6.61 Å². The van der Waals surface area contributed by atoms with Crippen molar-refractivity contribution < 1.29 is 19.3 Å². The van der Waals surface area contributed by atoms with Crippen molar-refractivity contribution in [1.29, 1.82) is 0 Å². The molecule has 0 radical (unpaired) electrons. The lowest BCUT2D eigenvalue weighted by atomic mass is 10.2. The van der Waals surface area contributed by atoms with Crippen molar-refractivity contribution in [3.8, 4) is 0 Å². The highest BCUT2D eigenvalue weighted by Gasteiger charge is 1.90. The van der Waals surface area contributed by atoms with E-state index in [1.54, 1.807) is 0 Å². The van der Waals surface area contributed by atoms with Crippen molar-refractivity contribution in [3.63, 3.8) is 0 Å². The van der Waals surface area contributed by atoms with E-state index in [0.717, 1.165) is 39.1 Å². The molecule has 0 atom stereocenters. The number of ether oxygens (including phenoxy) is 3. The van der Waals surface area contributed by atoms with Crippen LogP contribution < -0.4 is 0 Å². The zero-order chi connectivity index (χ0) is 15.3. The summed E-state index contributed by atoms with van der Waals surface area (Å²) in [5.41, 5.74) is 0. The normalized spacial score (nSPS) is 10.2. The summed E-state index contributed by atoms with van der Waals surface area (Å²) in [5.74, 6) is 0. The van der Waals surface area contributed by atoms with Gasteiger partial charge in [-0.1, -0.05) is 40.0 Å². The first-order chi connectivity index (χ1) is 9.83. The van der Waals surface area contributed by atoms with Crippen LogP contribution in [0.4, 0.5) is 0 Å². The fraction of sp³-hybridized carbons (Fsp3) is 1.00. The monoisotopic (exact) mass is 292 g/mol. The van der Waals surface area contributed by atoms with Gasteiger partial charge in [0.2, 0.25) is 0 Å². The van der Waals surface area contributed by atoms with Crippen molar-refractivity contribution in [2.75, 3.05) is 46.2 Å². The first-order valence-corrected chi connectivity index (χ1v) is 8.17. The van der Waals surface area contributed by atoms with Gasteiger partial charge >= 0.3 is 0 Å². The van der Waals surface area contributed by atoms with Gasteiger partial charge in [0.05, 0.1) is 26.4 Å². The molecular formula is C16H36O4. The lowest BCUT2D eigenvalue weighted by Gasteiger charge is -2.04. The third-order valence-electron chi connectivity index (χ3n) is 2.45. The van der Waals surface area contributed by atoms with E-state index < -0.39 is 0 Å². The molecule has 4 heteroatoms. The molecule has 0 aromatic heterocycles. The van der Waals surface area contributed by atoms with Gasteiger partial charge in [-0.15, -0.1) is 0 Å². The van der Waals surface area contributed by atoms with Crippen molar-refractivity contribution >= 4 is 0 Å². The lowest BCUT2D eigenvalue weighted by Crippen LogP contribution is -2.07. The van der Waals surface area contributed by atoms with Gasteiger partial charge in [-0.05, 0) is 19.3 Å². The highest BCUT2D eigenvalue weighted by molar-refractivity contribution is 4.39. The Labute approximate surface area is 125 Å². The molecule has 0 spiro atoms. The Morgan fingerprint density at radius 3 is 1.60 bits per heavy atom. The first kappa shape index (κ1) is 22.1. The second-order valence-electron chi connectivity index (χ2n) is 4.62. The minimum Gasteiger partial charge on any atom is -0.394 e. The molecule has 0 aliphatic rings. The first-order valence-electron chi connectivity index (χ1n) is 8.17. The summed E-state index contributed by atoms with van der Waals surface area (Å²) in [6.45, 7) is 10.9. The van der Waals surface area contributed by atoms with Crippen molar-refractivity contribution in [2.24, 2.45) is 0 Å². The van der Waals surface area contributed by atoms with E-state index in [9.17, 15) is 0 Å². The summed E-state index contributed by atoms with van der Waals surface area (Å²) in [6, 6.07) is 0. The molecular weight excluding hydrogens is 256 g/mol. The second-order valence-corrected chi connectivity index (χ2v) is 4.62. The number of aliphatic hydroxyl groups excluding tert-OH is 1. The van der Waals surface area contributed by atoms with E-state index in [2.05, 4.69) is 20.8 Å². The number of rotatable bonds is 14. The molecule has 1 N–H and O–H groups in total. The number of hydrogen-bond acceptors (Lipinski definition) is 4. The summed E-state index contributed by atoms with van der Waals surface area (Å²) < 4.78 is 15.5. The lowest BCUT2D eigenvalue weighted by molar-refractivity contribution is 0.0321. The number of aliphatic hydroxyl groups is 1. The van der Waals surface area contributed by atoms with E-state index >= 15 is 0 Å². The van der Waals surface area contributed by atoms with E-state index in [0.29, 0.717) is 19.8 Å². The molecule has 0 unspecified atom stereocenters. The van der Waals surface area contributed by atoms with Crippen LogP contribution in [-0.4, -0.2) is 51.4 Å². The summed E-state index contributed by atoms with van der Waals surface area (Å²) in [5, 5.41) is 8.40. The summed E-state index contributed by atoms with van der Waals surface area (Å²) in [4.78, 5) is 0. The molecule has 0 aliphatic heterocycles. The van der Waals surface area contributed by atoms with Crippen LogP contribution in [0.2, 0.25) is 0 Å². The highest BCUT2D eigenvalue weighted by atomic mass is 16.5. The van der Waals surface area contributed by atoms with Crippen LogP contribution in [0.3, 0.4) is 0 Å². The number of hydrogen-bond donors (Lipinski definition) is 1. The maximum Gasteiger partial charge on any atom is 0.0701 e. The van der Waals surface area contributed by atoms with Gasteiger partial charge in [0.25, 0.3) is 0 Å². The third-order valence-corrected chi connectivity index (χ3v) is 2.45. The Morgan fingerprint density at radius 1 is 0.550 bits per heavy atom. The van der Waals surface area contributed by atoms with Crippen LogP contribution >= 0.6 is 0 Å². The molecule has 4 nitrogen and oxygen atoms in total. The van der Waals surface area contributed by atoms with E-state index in [1.165, 1.54) is 19.3 Å². The molecule has 20 heavy (non-hydrogen) atoms. The van der Waals surface area contributed by atoms with Gasteiger partial charge in [-0.25, -0.2) is 0 Å². The Kier molecular flexibility index (Phi) is 26.4. The van der Waals surface area contributed by atoms with Crippen LogP contribution in [-0.2, 0) is 14.2 Å². The quantitative estimate of drug-likeness (QED) is 0.498. The summed E-state index contributed by atoms with van der Waals surface area (Å²) >= 11 is 0. The average Bonchev–Trinajstić information content (AvgIpc) is 2.47. The van der Waals surface area contributed by atoms with Crippen LogP contribution in [0.25, 0.3) is 0 Å². The SMILES string of the molecule is CCCCCCOCCOCCO.CCCOCCC. The van der Waals surface area contributed by atoms with Crippen LogP contribution in [0.5, 0.6) is 0 Å². The Morgan fingerprint density at radius 2 is 1.10 bits per heavy atom. The second kappa shape index (κ2) is 23.9. The molecule has 124 valence electrons. The molecule has 0 aromatic carbocycles. The predicted octanol–water partition coefficient (Wildman–Crippen LogP) is 3.42. The fourth-order valence-electron chi connectivity index (χ4n) is 1.41. The van der Waals surface area contributed by atoms with E-state index in [4.69, 9.17) is 19.3 Å². The Balaban J connectivity index is 0. The Hall–Kier alpha value is -0.160. The molecule has 0 saturated carbocycles. The zero-order valence-electron chi connectivity index (χ0n) is 13.9. The molecule has 0 heterocycles. The molecule has 0 rings (SSSR count). The minimum atomic E-state index is 0.0938. The maximum absolute atomic E-state index is 8.40. The van der Waals surface area contributed by atoms with Gasteiger partial charge in [0.1, 0.15) is 0 Å². The molecule has 0 aromatic rings. The van der Waals surface area contributed by atoms with Crippen molar-refractivity contribution in [2.45, 2.75) is 59.3 Å². The van der Waals surface area contributed by atoms with Gasteiger partial charge in [-0.3, -0.25) is 0 Å². The van der Waals surface area contributed by atoms with Crippen LogP contribution in [0, 0.1) is 0 Å². The molecule has 0 saturated heterocycles. The largest absolute Gasteiger partial charge is 0.394 e. The third kappa shape index (κ3) is 26.4. The van der Waals surface area contributed by atoms with Crippen LogP contribution in [0.1, 0.15) is 59.3 Å². The summed E-state index contributed by atoms with van der Waals surface area (Å²) in [6.07, 6.45) is 7.24. The fourth-order valence-corrected chi connectivity index (χ4v) is 1.41. The molecule has 0 fully saturated rings. The van der Waals surface area contributed by atoms with Gasteiger partial charge in [0.15, 0.2) is 0 Å². The summed E-state index contributed by atoms with van der Waals surface area (Å²) in [7, 11) is 0. The van der Waals surface area contributed by atoms with Gasteiger partial charge in [0, 0.05) is 19.8 Å². The molecule has 0 amide bonds. The van der Waals surface area contributed by atoms with Crippen molar-refractivity contribution in [1.82, 2.24) is 0 Å². The highest BCUT2D eigenvalue weighted by Crippen LogP contribution is 1.98. The predicted molar refractivity (Wildman–Crippen MR) is 84.3 cm³/mol. The maximum atomic E-state index is 8.40. The van der Waals surface area contributed by atoms with Crippen molar-refractivity contribution in [3.05, 3.63) is 0 Å².